The minimum absolute atomic E-state index is 0.355. The number of benzene rings is 4. The predicted octanol–water partition coefficient (Wildman–Crippen LogP) is 5.86. The molecule has 0 radical (unpaired) electrons. The fourth-order valence-corrected chi connectivity index (χ4v) is 5.76. The number of aryl methyl sites for hydroxylation is 1. The molecule has 34 heavy (non-hydrogen) atoms. The number of aromatic nitrogens is 2. The van der Waals surface area contributed by atoms with Crippen molar-refractivity contribution in [2.75, 3.05) is 12.5 Å². The van der Waals surface area contributed by atoms with E-state index in [1.54, 1.807) is 0 Å². The Hall–Kier alpha value is -4.11. The molecule has 1 N–H and O–H groups in total. The van der Waals surface area contributed by atoms with E-state index in [1.165, 1.54) is 44.6 Å². The minimum Gasteiger partial charge on any atom is -0.208 e. The molecule has 0 bridgehead atoms. The minimum atomic E-state index is -0.355. The SMILES string of the molecule is CCc1cc(C2(c3ccccc3)c3ccccc3-c3ccccc32)ccc1-[n+]1cccn1NC. The molecule has 1 aliphatic rings. The van der Waals surface area contributed by atoms with E-state index in [2.05, 4.69) is 126 Å². The summed E-state index contributed by atoms with van der Waals surface area (Å²) < 4.78 is 2.16. The lowest BCUT2D eigenvalue weighted by molar-refractivity contribution is -0.680. The zero-order chi connectivity index (χ0) is 23.1. The Kier molecular flexibility index (Phi) is 4.84. The maximum atomic E-state index is 3.23. The Morgan fingerprint density at radius 2 is 1.38 bits per heavy atom. The van der Waals surface area contributed by atoms with Crippen molar-refractivity contribution in [3.8, 4) is 16.8 Å². The van der Waals surface area contributed by atoms with Gasteiger partial charge in [-0.25, -0.2) is 5.43 Å². The van der Waals surface area contributed by atoms with Gasteiger partial charge in [-0.05, 0) is 51.9 Å². The highest BCUT2D eigenvalue weighted by atomic mass is 15.6. The van der Waals surface area contributed by atoms with E-state index in [0.29, 0.717) is 0 Å². The number of rotatable bonds is 5. The lowest BCUT2D eigenvalue weighted by atomic mass is 9.67. The Bertz CT molecular complexity index is 1430. The smallest absolute Gasteiger partial charge is 0.156 e. The summed E-state index contributed by atoms with van der Waals surface area (Å²) in [5, 5.41) is 0. The summed E-state index contributed by atoms with van der Waals surface area (Å²) in [5.74, 6) is 0. The Morgan fingerprint density at radius 3 is 2.03 bits per heavy atom. The van der Waals surface area contributed by atoms with E-state index in [4.69, 9.17) is 0 Å². The molecule has 0 aliphatic heterocycles. The molecule has 3 nitrogen and oxygen atoms in total. The molecule has 0 fully saturated rings. The van der Waals surface area contributed by atoms with Crippen LogP contribution in [0.25, 0.3) is 16.8 Å². The molecule has 6 rings (SSSR count). The molecule has 0 unspecified atom stereocenters. The van der Waals surface area contributed by atoms with Crippen LogP contribution in [0.2, 0.25) is 0 Å². The molecule has 1 aromatic heterocycles. The highest BCUT2D eigenvalue weighted by Crippen LogP contribution is 2.56. The van der Waals surface area contributed by atoms with Gasteiger partial charge in [0.25, 0.3) is 0 Å². The van der Waals surface area contributed by atoms with E-state index in [0.717, 1.165) is 6.42 Å². The lowest BCUT2D eigenvalue weighted by Crippen LogP contribution is -2.44. The van der Waals surface area contributed by atoms with Gasteiger partial charge < -0.3 is 0 Å². The zero-order valence-corrected chi connectivity index (χ0v) is 19.6. The van der Waals surface area contributed by atoms with Crippen molar-refractivity contribution >= 4 is 0 Å². The van der Waals surface area contributed by atoms with Crippen LogP contribution in [0.15, 0.2) is 116 Å². The molecule has 3 heteroatoms. The molecular weight excluding hydrogens is 414 g/mol. The molecule has 166 valence electrons. The lowest BCUT2D eigenvalue weighted by Gasteiger charge is -2.34. The normalized spacial score (nSPS) is 13.4. The summed E-state index contributed by atoms with van der Waals surface area (Å²) in [6, 6.07) is 37.8. The Labute approximate surface area is 200 Å². The number of hydrogen-bond acceptors (Lipinski definition) is 1. The van der Waals surface area contributed by atoms with Crippen molar-refractivity contribution in [3.63, 3.8) is 0 Å². The first-order chi connectivity index (χ1) is 16.8. The molecule has 1 heterocycles. The molecule has 5 aromatic rings. The van der Waals surface area contributed by atoms with Crippen LogP contribution in [0.3, 0.4) is 0 Å². The largest absolute Gasteiger partial charge is 0.208 e. The number of nitrogens with one attached hydrogen (secondary N) is 1. The van der Waals surface area contributed by atoms with Crippen LogP contribution in [-0.2, 0) is 11.8 Å². The predicted molar refractivity (Wildman–Crippen MR) is 138 cm³/mol. The van der Waals surface area contributed by atoms with Gasteiger partial charge in [0.2, 0.25) is 0 Å². The summed E-state index contributed by atoms with van der Waals surface area (Å²) in [4.78, 5) is 2.00. The second kappa shape index (κ2) is 8.03. The third-order valence-corrected chi connectivity index (χ3v) is 7.22. The van der Waals surface area contributed by atoms with Crippen molar-refractivity contribution in [2.45, 2.75) is 18.8 Å². The van der Waals surface area contributed by atoms with E-state index in [1.807, 2.05) is 18.0 Å². The van der Waals surface area contributed by atoms with Gasteiger partial charge in [-0.2, -0.15) is 0 Å². The fourth-order valence-electron chi connectivity index (χ4n) is 5.76. The first-order valence-corrected chi connectivity index (χ1v) is 11.9. The summed E-state index contributed by atoms with van der Waals surface area (Å²) in [6.07, 6.45) is 5.07. The Balaban J connectivity index is 1.68. The van der Waals surface area contributed by atoms with Crippen molar-refractivity contribution in [3.05, 3.63) is 143 Å². The highest BCUT2D eigenvalue weighted by molar-refractivity contribution is 5.86. The monoisotopic (exact) mass is 442 g/mol. The number of hydrogen-bond donors (Lipinski definition) is 1. The standard InChI is InChI=1S/C31H28N3/c1-3-23-22-25(18-19-30(23)33-20-11-21-34(33)32-2)31(24-12-5-4-6-13-24)28-16-9-7-14-26(28)27-15-8-10-17-29(27)31/h4-22,32H,3H2,1-2H3/q+1. The first kappa shape index (κ1) is 20.5. The van der Waals surface area contributed by atoms with Gasteiger partial charge in [0.15, 0.2) is 5.69 Å². The molecule has 1 aliphatic carbocycles. The topological polar surface area (TPSA) is 20.8 Å². The summed E-state index contributed by atoms with van der Waals surface area (Å²) >= 11 is 0. The van der Waals surface area contributed by atoms with Crippen molar-refractivity contribution in [1.29, 1.82) is 0 Å². The number of fused-ring (bicyclic) bond motifs is 3. The molecule has 0 saturated carbocycles. The summed E-state index contributed by atoms with van der Waals surface area (Å²) in [6.45, 7) is 2.24. The zero-order valence-electron chi connectivity index (χ0n) is 19.6. The molecular formula is C31H28N3+. The maximum absolute atomic E-state index is 3.23. The molecule has 0 spiro atoms. The second-order valence-electron chi connectivity index (χ2n) is 8.81. The van der Waals surface area contributed by atoms with Gasteiger partial charge in [0.05, 0.1) is 18.7 Å². The van der Waals surface area contributed by atoms with Gasteiger partial charge in [-0.3, -0.25) is 0 Å². The van der Waals surface area contributed by atoms with E-state index < -0.39 is 0 Å². The summed E-state index contributed by atoms with van der Waals surface area (Å²) in [7, 11) is 1.94. The average molecular weight is 443 g/mol. The van der Waals surface area contributed by atoms with Gasteiger partial charge >= 0.3 is 0 Å². The molecule has 0 atom stereocenters. The van der Waals surface area contributed by atoms with E-state index in [9.17, 15) is 0 Å². The van der Waals surface area contributed by atoms with Crippen LogP contribution in [0.5, 0.6) is 0 Å². The van der Waals surface area contributed by atoms with Gasteiger partial charge in [-0.15, -0.1) is 4.68 Å². The van der Waals surface area contributed by atoms with Gasteiger partial charge in [-0.1, -0.05) is 96.6 Å². The van der Waals surface area contributed by atoms with Crippen LogP contribution in [-0.4, -0.2) is 11.8 Å². The van der Waals surface area contributed by atoms with Crippen molar-refractivity contribution < 1.29 is 4.68 Å². The molecule has 0 amide bonds. The third-order valence-electron chi connectivity index (χ3n) is 7.22. The fraction of sp³-hybridized carbons (Fsp3) is 0.129. The molecule has 0 saturated heterocycles. The first-order valence-electron chi connectivity index (χ1n) is 11.9. The van der Waals surface area contributed by atoms with Crippen molar-refractivity contribution in [2.24, 2.45) is 0 Å². The third kappa shape index (κ3) is 2.80. The maximum Gasteiger partial charge on any atom is 0.156 e. The van der Waals surface area contributed by atoms with Crippen LogP contribution in [0, 0.1) is 0 Å². The molecule has 4 aromatic carbocycles. The van der Waals surface area contributed by atoms with Crippen LogP contribution in [0.1, 0.15) is 34.7 Å². The highest BCUT2D eigenvalue weighted by Gasteiger charge is 2.46. The Morgan fingerprint density at radius 1 is 0.735 bits per heavy atom. The van der Waals surface area contributed by atoms with E-state index >= 15 is 0 Å². The quantitative estimate of drug-likeness (QED) is 0.332. The van der Waals surface area contributed by atoms with Crippen LogP contribution >= 0.6 is 0 Å². The second-order valence-corrected chi connectivity index (χ2v) is 8.81. The van der Waals surface area contributed by atoms with Crippen molar-refractivity contribution in [1.82, 2.24) is 4.79 Å². The van der Waals surface area contributed by atoms with Gasteiger partial charge in [0, 0.05) is 11.6 Å². The number of nitrogens with zero attached hydrogens (tertiary/aromatic N) is 2. The van der Waals surface area contributed by atoms with Crippen LogP contribution < -0.4 is 10.1 Å². The average Bonchev–Trinajstić information content (AvgIpc) is 3.50. The van der Waals surface area contributed by atoms with Crippen LogP contribution in [0.4, 0.5) is 0 Å². The van der Waals surface area contributed by atoms with Gasteiger partial charge in [0.1, 0.15) is 6.20 Å². The van der Waals surface area contributed by atoms with E-state index in [-0.39, 0.29) is 5.41 Å². The summed E-state index contributed by atoms with van der Waals surface area (Å²) in [5.41, 5.74) is 13.3.